The van der Waals surface area contributed by atoms with Crippen LogP contribution in [0.2, 0.25) is 0 Å². The van der Waals surface area contributed by atoms with Crippen LogP contribution in [-0.2, 0) is 6.54 Å². The van der Waals surface area contributed by atoms with Crippen LogP contribution in [0.3, 0.4) is 0 Å². The maximum absolute atomic E-state index is 5.43. The van der Waals surface area contributed by atoms with Crippen molar-refractivity contribution in [2.24, 2.45) is 4.99 Å². The number of hydrogen-bond acceptors (Lipinski definition) is 2. The fourth-order valence-electron chi connectivity index (χ4n) is 1.80. The van der Waals surface area contributed by atoms with Crippen molar-refractivity contribution in [3.8, 4) is 18.1 Å². The van der Waals surface area contributed by atoms with Crippen molar-refractivity contribution in [1.82, 2.24) is 10.2 Å². The van der Waals surface area contributed by atoms with Gasteiger partial charge in [0.05, 0.1) is 6.61 Å². The maximum atomic E-state index is 5.43. The van der Waals surface area contributed by atoms with E-state index in [1.165, 1.54) is 5.56 Å². The number of hydrogen-bond donors (Lipinski definition) is 1. The minimum Gasteiger partial charge on any atom is -0.494 e. The van der Waals surface area contributed by atoms with Crippen LogP contribution in [0.4, 0.5) is 0 Å². The molecule has 0 radical (unpaired) electrons. The second-order valence-electron chi connectivity index (χ2n) is 4.31. The van der Waals surface area contributed by atoms with E-state index in [1.54, 1.807) is 0 Å². The molecule has 4 nitrogen and oxygen atoms in total. The molecule has 1 N–H and O–H groups in total. The third-order valence-corrected chi connectivity index (χ3v) is 2.67. The Bertz CT molecular complexity index is 460. The SMILES string of the molecule is C#CCN=C(NCC)N(C)Cc1ccc(OCC)cc1. The van der Waals surface area contributed by atoms with Crippen LogP contribution in [0.5, 0.6) is 5.75 Å². The highest BCUT2D eigenvalue weighted by atomic mass is 16.5. The third-order valence-electron chi connectivity index (χ3n) is 2.67. The first-order valence-electron chi connectivity index (χ1n) is 6.85. The quantitative estimate of drug-likeness (QED) is 0.490. The van der Waals surface area contributed by atoms with E-state index in [2.05, 4.69) is 33.3 Å². The highest BCUT2D eigenvalue weighted by Crippen LogP contribution is 2.13. The van der Waals surface area contributed by atoms with Crippen LogP contribution >= 0.6 is 0 Å². The topological polar surface area (TPSA) is 36.9 Å². The Morgan fingerprint density at radius 3 is 2.60 bits per heavy atom. The molecule has 0 atom stereocenters. The molecule has 0 aliphatic rings. The first-order chi connectivity index (χ1) is 9.71. The average molecular weight is 273 g/mol. The average Bonchev–Trinajstić information content (AvgIpc) is 2.45. The Morgan fingerprint density at radius 1 is 1.35 bits per heavy atom. The number of rotatable bonds is 6. The smallest absolute Gasteiger partial charge is 0.194 e. The van der Waals surface area contributed by atoms with E-state index in [1.807, 2.05) is 33.0 Å². The molecule has 1 aromatic carbocycles. The predicted octanol–water partition coefficient (Wildman–Crippen LogP) is 2.12. The molecule has 0 unspecified atom stereocenters. The van der Waals surface area contributed by atoms with Crippen LogP contribution in [-0.4, -0.2) is 37.6 Å². The van der Waals surface area contributed by atoms with Crippen molar-refractivity contribution in [2.75, 3.05) is 26.7 Å². The highest BCUT2D eigenvalue weighted by molar-refractivity contribution is 5.79. The summed E-state index contributed by atoms with van der Waals surface area (Å²) in [7, 11) is 1.99. The third kappa shape index (κ3) is 5.23. The summed E-state index contributed by atoms with van der Waals surface area (Å²) in [5, 5.41) is 3.22. The Balaban J connectivity index is 2.67. The minimum absolute atomic E-state index is 0.385. The van der Waals surface area contributed by atoms with E-state index in [4.69, 9.17) is 11.2 Å². The molecular formula is C16H23N3O. The molecule has 4 heteroatoms. The van der Waals surface area contributed by atoms with Crippen molar-refractivity contribution >= 4 is 5.96 Å². The van der Waals surface area contributed by atoms with Gasteiger partial charge in [-0.25, -0.2) is 4.99 Å². The summed E-state index contributed by atoms with van der Waals surface area (Å²) in [4.78, 5) is 6.40. The number of ether oxygens (including phenoxy) is 1. The summed E-state index contributed by atoms with van der Waals surface area (Å²) in [6.07, 6.45) is 5.25. The summed E-state index contributed by atoms with van der Waals surface area (Å²) >= 11 is 0. The monoisotopic (exact) mass is 273 g/mol. The number of guanidine groups is 1. The van der Waals surface area contributed by atoms with E-state index in [0.717, 1.165) is 24.8 Å². The van der Waals surface area contributed by atoms with E-state index in [-0.39, 0.29) is 0 Å². The van der Waals surface area contributed by atoms with Gasteiger partial charge in [-0.05, 0) is 31.5 Å². The molecule has 108 valence electrons. The summed E-state index contributed by atoms with van der Waals surface area (Å²) in [5.74, 6) is 4.24. The zero-order valence-corrected chi connectivity index (χ0v) is 12.5. The molecule has 1 aromatic rings. The normalized spacial score (nSPS) is 10.8. The van der Waals surface area contributed by atoms with Gasteiger partial charge in [0.25, 0.3) is 0 Å². The van der Waals surface area contributed by atoms with Crippen LogP contribution < -0.4 is 10.1 Å². The molecule has 0 saturated carbocycles. The molecule has 0 aliphatic heterocycles. The van der Waals surface area contributed by atoms with E-state index in [9.17, 15) is 0 Å². The molecule has 0 saturated heterocycles. The van der Waals surface area contributed by atoms with Gasteiger partial charge in [0.2, 0.25) is 0 Å². The van der Waals surface area contributed by atoms with Crippen LogP contribution in [0.25, 0.3) is 0 Å². The van der Waals surface area contributed by atoms with Gasteiger partial charge in [0, 0.05) is 20.1 Å². The minimum atomic E-state index is 0.385. The number of aliphatic imine (C=N–C) groups is 1. The molecule has 1 rings (SSSR count). The lowest BCUT2D eigenvalue weighted by Crippen LogP contribution is -2.38. The summed E-state index contributed by atoms with van der Waals surface area (Å²) in [6.45, 7) is 6.67. The summed E-state index contributed by atoms with van der Waals surface area (Å²) in [5.41, 5.74) is 1.20. The Kier molecular flexibility index (Phi) is 7.05. The van der Waals surface area contributed by atoms with Crippen molar-refractivity contribution in [3.63, 3.8) is 0 Å². The number of benzene rings is 1. The second kappa shape index (κ2) is 8.87. The molecule has 0 heterocycles. The first-order valence-corrected chi connectivity index (χ1v) is 6.85. The molecule has 0 aromatic heterocycles. The Hall–Kier alpha value is -2.15. The Morgan fingerprint density at radius 2 is 2.05 bits per heavy atom. The van der Waals surface area contributed by atoms with Gasteiger partial charge in [-0.3, -0.25) is 0 Å². The van der Waals surface area contributed by atoms with Gasteiger partial charge in [0.15, 0.2) is 5.96 Å². The van der Waals surface area contributed by atoms with Gasteiger partial charge in [0.1, 0.15) is 12.3 Å². The Labute approximate surface area is 121 Å². The van der Waals surface area contributed by atoms with Gasteiger partial charge >= 0.3 is 0 Å². The zero-order valence-electron chi connectivity index (χ0n) is 12.5. The van der Waals surface area contributed by atoms with E-state index in [0.29, 0.717) is 13.2 Å². The predicted molar refractivity (Wildman–Crippen MR) is 83.9 cm³/mol. The molecule has 0 bridgehead atoms. The number of nitrogens with zero attached hydrogens (tertiary/aromatic N) is 2. The number of terminal acetylenes is 1. The van der Waals surface area contributed by atoms with Crippen LogP contribution in [0.15, 0.2) is 29.3 Å². The van der Waals surface area contributed by atoms with Gasteiger partial charge in [-0.1, -0.05) is 18.1 Å². The van der Waals surface area contributed by atoms with Gasteiger partial charge in [-0.2, -0.15) is 0 Å². The standard InChI is InChI=1S/C16H23N3O/c1-5-12-18-16(17-6-2)19(4)13-14-8-10-15(11-9-14)20-7-3/h1,8-11H,6-7,12-13H2,2-4H3,(H,17,18). The van der Waals surface area contributed by atoms with E-state index < -0.39 is 0 Å². The fourth-order valence-corrected chi connectivity index (χ4v) is 1.80. The molecular weight excluding hydrogens is 250 g/mol. The van der Waals surface area contributed by atoms with Crippen LogP contribution in [0, 0.1) is 12.3 Å². The second-order valence-corrected chi connectivity index (χ2v) is 4.31. The fraction of sp³-hybridized carbons (Fsp3) is 0.438. The highest BCUT2D eigenvalue weighted by Gasteiger charge is 2.06. The largest absolute Gasteiger partial charge is 0.494 e. The molecule has 0 fully saturated rings. The lowest BCUT2D eigenvalue weighted by atomic mass is 10.2. The lowest BCUT2D eigenvalue weighted by Gasteiger charge is -2.22. The molecule has 20 heavy (non-hydrogen) atoms. The lowest BCUT2D eigenvalue weighted by molar-refractivity contribution is 0.340. The molecule has 0 aliphatic carbocycles. The van der Waals surface area contributed by atoms with Crippen molar-refractivity contribution in [3.05, 3.63) is 29.8 Å². The molecule has 0 amide bonds. The summed E-state index contributed by atoms with van der Waals surface area (Å²) in [6, 6.07) is 8.09. The number of nitrogens with one attached hydrogen (secondary N) is 1. The van der Waals surface area contributed by atoms with Crippen molar-refractivity contribution in [1.29, 1.82) is 0 Å². The molecule has 0 spiro atoms. The van der Waals surface area contributed by atoms with Gasteiger partial charge in [-0.15, -0.1) is 6.42 Å². The first kappa shape index (κ1) is 15.9. The van der Waals surface area contributed by atoms with Crippen molar-refractivity contribution < 1.29 is 4.74 Å². The maximum Gasteiger partial charge on any atom is 0.194 e. The van der Waals surface area contributed by atoms with Crippen LogP contribution in [0.1, 0.15) is 19.4 Å². The summed E-state index contributed by atoms with van der Waals surface area (Å²) < 4.78 is 5.43. The van der Waals surface area contributed by atoms with Gasteiger partial charge < -0.3 is 15.0 Å². The van der Waals surface area contributed by atoms with Crippen molar-refractivity contribution in [2.45, 2.75) is 20.4 Å². The van der Waals surface area contributed by atoms with E-state index >= 15 is 0 Å². The zero-order chi connectivity index (χ0) is 14.8.